The number of aromatic carboxylic acids is 1. The lowest BCUT2D eigenvalue weighted by Crippen LogP contribution is -2.48. The Labute approximate surface area is 148 Å². The van der Waals surface area contributed by atoms with Crippen LogP contribution in [0.5, 0.6) is 0 Å². The number of anilines is 1. The predicted octanol–water partition coefficient (Wildman–Crippen LogP) is 0.922. The molecule has 1 N–H and O–H groups in total. The molecule has 0 radical (unpaired) electrons. The number of amides is 1. The molecular weight excluding hydrogens is 343 g/mol. The van der Waals surface area contributed by atoms with Gasteiger partial charge in [0.15, 0.2) is 11.6 Å². The Bertz CT molecular complexity index is 948. The minimum Gasteiger partial charge on any atom is -0.477 e. The van der Waals surface area contributed by atoms with E-state index in [1.165, 1.54) is 17.7 Å². The van der Waals surface area contributed by atoms with Gasteiger partial charge in [0.25, 0.3) is 0 Å². The third-order valence-corrected chi connectivity index (χ3v) is 4.58. The molecule has 1 aliphatic heterocycles. The number of hydrogen-bond acceptors (Lipinski definition) is 5. The fourth-order valence-electron chi connectivity index (χ4n) is 3.12. The molecule has 1 saturated heterocycles. The van der Waals surface area contributed by atoms with Crippen LogP contribution in [0, 0.1) is 5.82 Å². The molecule has 0 atom stereocenters. The van der Waals surface area contributed by atoms with Crippen molar-refractivity contribution in [3.63, 3.8) is 0 Å². The first kappa shape index (κ1) is 17.8. The molecule has 2 aromatic rings. The number of nitrogens with zero attached hydrogens (tertiary/aromatic N) is 4. The summed E-state index contributed by atoms with van der Waals surface area (Å²) in [4.78, 5) is 42.7. The zero-order chi connectivity index (χ0) is 19.0. The van der Waals surface area contributed by atoms with Crippen LogP contribution in [-0.4, -0.2) is 57.6 Å². The highest BCUT2D eigenvalue weighted by atomic mass is 19.1. The molecule has 0 unspecified atom stereocenters. The molecule has 8 nitrogen and oxygen atoms in total. The number of fused-ring (bicyclic) bond motifs is 1. The zero-order valence-corrected chi connectivity index (χ0v) is 14.5. The third-order valence-electron chi connectivity index (χ3n) is 4.58. The second kappa shape index (κ2) is 6.74. The molecule has 0 aromatic carbocycles. The maximum atomic E-state index is 14.6. The molecule has 1 fully saturated rings. The van der Waals surface area contributed by atoms with Crippen LogP contribution in [0.15, 0.2) is 17.1 Å². The smallest absolute Gasteiger partial charge is 0.341 e. The molecule has 138 valence electrons. The summed E-state index contributed by atoms with van der Waals surface area (Å²) in [6, 6.07) is 1.05. The number of carbonyl (C=O) groups excluding carboxylic acids is 1. The predicted molar refractivity (Wildman–Crippen MR) is 93.1 cm³/mol. The van der Waals surface area contributed by atoms with E-state index in [4.69, 9.17) is 0 Å². The van der Waals surface area contributed by atoms with Gasteiger partial charge in [-0.2, -0.15) is 0 Å². The van der Waals surface area contributed by atoms with E-state index < -0.39 is 22.8 Å². The third kappa shape index (κ3) is 3.00. The van der Waals surface area contributed by atoms with Crippen LogP contribution in [0.1, 0.15) is 24.2 Å². The van der Waals surface area contributed by atoms with Gasteiger partial charge in [-0.05, 0) is 13.0 Å². The molecule has 3 rings (SSSR count). The largest absolute Gasteiger partial charge is 0.477 e. The number of aromatic nitrogens is 2. The molecule has 1 amide bonds. The molecule has 26 heavy (non-hydrogen) atoms. The van der Waals surface area contributed by atoms with Gasteiger partial charge in [-0.1, -0.05) is 0 Å². The number of hydrogen-bond donors (Lipinski definition) is 1. The molecule has 9 heteroatoms. The van der Waals surface area contributed by atoms with E-state index in [0.717, 1.165) is 6.07 Å². The van der Waals surface area contributed by atoms with E-state index >= 15 is 0 Å². The van der Waals surface area contributed by atoms with Crippen LogP contribution in [0.25, 0.3) is 11.0 Å². The monoisotopic (exact) mass is 362 g/mol. The Kier molecular flexibility index (Phi) is 4.62. The molecule has 0 saturated carbocycles. The molecular formula is C17H19FN4O4. The molecule has 1 aliphatic rings. The van der Waals surface area contributed by atoms with Crippen molar-refractivity contribution in [1.29, 1.82) is 0 Å². The van der Waals surface area contributed by atoms with E-state index in [1.54, 1.807) is 16.7 Å². The second-order valence-corrected chi connectivity index (χ2v) is 6.12. The van der Waals surface area contributed by atoms with Crippen LogP contribution in [0.2, 0.25) is 0 Å². The summed E-state index contributed by atoms with van der Waals surface area (Å²) >= 11 is 0. The Balaban J connectivity index is 2.08. The Morgan fingerprint density at radius 1 is 1.27 bits per heavy atom. The lowest BCUT2D eigenvalue weighted by Gasteiger charge is -2.35. The average Bonchev–Trinajstić information content (AvgIpc) is 2.62. The van der Waals surface area contributed by atoms with Gasteiger partial charge in [-0.25, -0.2) is 14.2 Å². The number of halogens is 1. The molecule has 0 bridgehead atoms. The molecule has 0 aliphatic carbocycles. The zero-order valence-electron chi connectivity index (χ0n) is 14.5. The summed E-state index contributed by atoms with van der Waals surface area (Å²) < 4.78 is 16.2. The van der Waals surface area contributed by atoms with Crippen molar-refractivity contribution >= 4 is 28.7 Å². The minimum atomic E-state index is -1.36. The second-order valence-electron chi connectivity index (χ2n) is 6.12. The van der Waals surface area contributed by atoms with E-state index in [2.05, 4.69) is 4.98 Å². The molecule has 0 spiro atoms. The average molecular weight is 362 g/mol. The van der Waals surface area contributed by atoms with Crippen LogP contribution in [0.4, 0.5) is 10.2 Å². The van der Waals surface area contributed by atoms with Crippen molar-refractivity contribution in [2.24, 2.45) is 0 Å². The van der Waals surface area contributed by atoms with Crippen LogP contribution < -0.4 is 10.3 Å². The number of carbonyl (C=O) groups is 2. The van der Waals surface area contributed by atoms with Gasteiger partial charge in [-0.3, -0.25) is 9.59 Å². The molecule has 2 aromatic heterocycles. The number of aryl methyl sites for hydroxylation is 1. The van der Waals surface area contributed by atoms with E-state index in [1.807, 2.05) is 0 Å². The number of carboxylic acids is 1. The van der Waals surface area contributed by atoms with Crippen molar-refractivity contribution in [3.05, 3.63) is 33.9 Å². The van der Waals surface area contributed by atoms with Gasteiger partial charge in [0.2, 0.25) is 11.3 Å². The van der Waals surface area contributed by atoms with Crippen molar-refractivity contribution in [2.75, 3.05) is 31.1 Å². The highest BCUT2D eigenvalue weighted by Crippen LogP contribution is 2.22. The fourth-order valence-corrected chi connectivity index (χ4v) is 3.12. The topological polar surface area (TPSA) is 95.7 Å². The first-order chi connectivity index (χ1) is 12.3. The summed E-state index contributed by atoms with van der Waals surface area (Å²) in [6.45, 7) is 5.45. The first-order valence-corrected chi connectivity index (χ1v) is 8.31. The van der Waals surface area contributed by atoms with Gasteiger partial charge in [-0.15, -0.1) is 0 Å². The minimum absolute atomic E-state index is 0.0300. The maximum absolute atomic E-state index is 14.6. The van der Waals surface area contributed by atoms with Gasteiger partial charge < -0.3 is 19.5 Å². The lowest BCUT2D eigenvalue weighted by atomic mass is 10.2. The number of rotatable bonds is 3. The quantitative estimate of drug-likeness (QED) is 0.872. The maximum Gasteiger partial charge on any atom is 0.341 e. The summed E-state index contributed by atoms with van der Waals surface area (Å²) in [5.74, 6) is -1.97. The summed E-state index contributed by atoms with van der Waals surface area (Å²) in [6.07, 6.45) is 1.23. The Morgan fingerprint density at radius 3 is 2.46 bits per heavy atom. The molecule has 3 heterocycles. The van der Waals surface area contributed by atoms with Crippen LogP contribution in [0.3, 0.4) is 0 Å². The summed E-state index contributed by atoms with van der Waals surface area (Å²) in [5, 5.41) is 9.11. The first-order valence-electron chi connectivity index (χ1n) is 8.31. The SMILES string of the molecule is CCn1cc(C(=O)O)c(=O)c2cc(F)c(N3CCN(C(C)=O)CC3)nc21. The number of pyridine rings is 2. The number of piperazine rings is 1. The highest BCUT2D eigenvalue weighted by Gasteiger charge is 2.24. The fraction of sp³-hybridized carbons (Fsp3) is 0.412. The van der Waals surface area contributed by atoms with Crippen LogP contribution >= 0.6 is 0 Å². The standard InChI is InChI=1S/C17H19FN4O4/c1-3-20-9-12(17(25)26)14(24)11-8-13(18)16(19-15(11)20)22-6-4-21(5-7-22)10(2)23/h8-9H,3-7H2,1-2H3,(H,25,26). The normalized spacial score (nSPS) is 14.7. The van der Waals surface area contributed by atoms with E-state index in [0.29, 0.717) is 32.7 Å². The van der Waals surface area contributed by atoms with Crippen molar-refractivity contribution in [2.45, 2.75) is 20.4 Å². The van der Waals surface area contributed by atoms with Crippen molar-refractivity contribution in [1.82, 2.24) is 14.5 Å². The highest BCUT2D eigenvalue weighted by molar-refractivity contribution is 5.92. The number of carboxylic acid groups (broad SMARTS) is 1. The Hall–Kier alpha value is -2.97. The van der Waals surface area contributed by atoms with Crippen molar-refractivity contribution < 1.29 is 19.1 Å². The Morgan fingerprint density at radius 2 is 1.92 bits per heavy atom. The van der Waals surface area contributed by atoms with Crippen LogP contribution in [-0.2, 0) is 11.3 Å². The van der Waals surface area contributed by atoms with Gasteiger partial charge >= 0.3 is 5.97 Å². The van der Waals surface area contributed by atoms with Gasteiger partial charge in [0.1, 0.15) is 11.2 Å². The van der Waals surface area contributed by atoms with Gasteiger partial charge in [0, 0.05) is 45.8 Å². The summed E-state index contributed by atoms with van der Waals surface area (Å²) in [5.41, 5.74) is -0.923. The van der Waals surface area contributed by atoms with E-state index in [9.17, 15) is 23.9 Å². The summed E-state index contributed by atoms with van der Waals surface area (Å²) in [7, 11) is 0. The van der Waals surface area contributed by atoms with Crippen molar-refractivity contribution in [3.8, 4) is 0 Å². The lowest BCUT2D eigenvalue weighted by molar-refractivity contribution is -0.129. The van der Waals surface area contributed by atoms with Gasteiger partial charge in [0.05, 0.1) is 5.39 Å². The van der Waals surface area contributed by atoms with E-state index in [-0.39, 0.29) is 22.8 Å².